The molecule has 0 aliphatic carbocycles. The standard InChI is InChI=1S/C13H27NO/c1-11(2)7-6-8-12(3)14-13(4,5)9-10-15/h7,12,14-15H,6,8-10H2,1-5H3. The van der Waals surface area contributed by atoms with Crippen LogP contribution in [-0.4, -0.2) is 23.3 Å². The van der Waals surface area contributed by atoms with E-state index in [-0.39, 0.29) is 12.1 Å². The van der Waals surface area contributed by atoms with E-state index < -0.39 is 0 Å². The summed E-state index contributed by atoms with van der Waals surface area (Å²) < 4.78 is 0. The Morgan fingerprint density at radius 3 is 2.47 bits per heavy atom. The van der Waals surface area contributed by atoms with E-state index >= 15 is 0 Å². The fraction of sp³-hybridized carbons (Fsp3) is 0.846. The van der Waals surface area contributed by atoms with Crippen LogP contribution in [0.2, 0.25) is 0 Å². The summed E-state index contributed by atoms with van der Waals surface area (Å²) in [6, 6.07) is 0.502. The van der Waals surface area contributed by atoms with Crippen molar-refractivity contribution in [3.63, 3.8) is 0 Å². The van der Waals surface area contributed by atoms with Gasteiger partial charge in [-0.05, 0) is 53.9 Å². The first-order chi connectivity index (χ1) is 6.87. The van der Waals surface area contributed by atoms with Crippen molar-refractivity contribution in [1.82, 2.24) is 5.32 Å². The predicted molar refractivity (Wildman–Crippen MR) is 67.0 cm³/mol. The van der Waals surface area contributed by atoms with Gasteiger partial charge in [0.25, 0.3) is 0 Å². The van der Waals surface area contributed by atoms with Gasteiger partial charge in [0.2, 0.25) is 0 Å². The van der Waals surface area contributed by atoms with Gasteiger partial charge in [-0.1, -0.05) is 11.6 Å². The largest absolute Gasteiger partial charge is 0.396 e. The molecule has 0 radical (unpaired) electrons. The lowest BCUT2D eigenvalue weighted by Gasteiger charge is -2.29. The Kier molecular flexibility index (Phi) is 6.86. The van der Waals surface area contributed by atoms with Crippen molar-refractivity contribution in [2.45, 2.75) is 65.5 Å². The highest BCUT2D eigenvalue weighted by molar-refractivity contribution is 4.93. The Morgan fingerprint density at radius 2 is 2.00 bits per heavy atom. The monoisotopic (exact) mass is 213 g/mol. The fourth-order valence-electron chi connectivity index (χ4n) is 1.71. The van der Waals surface area contributed by atoms with Gasteiger partial charge in [-0.25, -0.2) is 0 Å². The lowest BCUT2D eigenvalue weighted by molar-refractivity contribution is 0.219. The maximum absolute atomic E-state index is 8.91. The van der Waals surface area contributed by atoms with Gasteiger partial charge in [-0.3, -0.25) is 0 Å². The maximum Gasteiger partial charge on any atom is 0.0448 e. The molecule has 1 atom stereocenters. The van der Waals surface area contributed by atoms with E-state index in [4.69, 9.17) is 5.11 Å². The highest BCUT2D eigenvalue weighted by Gasteiger charge is 2.18. The van der Waals surface area contributed by atoms with Gasteiger partial charge in [0, 0.05) is 18.2 Å². The van der Waals surface area contributed by atoms with Gasteiger partial charge in [-0.15, -0.1) is 0 Å². The van der Waals surface area contributed by atoms with Crippen molar-refractivity contribution in [1.29, 1.82) is 0 Å². The minimum absolute atomic E-state index is 0.0408. The highest BCUT2D eigenvalue weighted by Crippen LogP contribution is 2.11. The zero-order valence-corrected chi connectivity index (χ0v) is 10.9. The Morgan fingerprint density at radius 1 is 1.40 bits per heavy atom. The first kappa shape index (κ1) is 14.7. The third-order valence-corrected chi connectivity index (χ3v) is 2.53. The summed E-state index contributed by atoms with van der Waals surface area (Å²) in [6.45, 7) is 11.0. The topological polar surface area (TPSA) is 32.3 Å². The molecule has 0 saturated heterocycles. The molecule has 2 heteroatoms. The second-order valence-electron chi connectivity index (χ2n) is 5.26. The summed E-state index contributed by atoms with van der Waals surface area (Å²) in [4.78, 5) is 0. The Balaban J connectivity index is 3.82. The summed E-state index contributed by atoms with van der Waals surface area (Å²) in [6.07, 6.45) is 5.36. The van der Waals surface area contributed by atoms with Crippen molar-refractivity contribution in [2.24, 2.45) is 0 Å². The van der Waals surface area contributed by atoms with E-state index in [9.17, 15) is 0 Å². The molecule has 0 aromatic rings. The molecule has 90 valence electrons. The third kappa shape index (κ3) is 8.64. The van der Waals surface area contributed by atoms with Crippen molar-refractivity contribution in [3.05, 3.63) is 11.6 Å². The highest BCUT2D eigenvalue weighted by atomic mass is 16.3. The van der Waals surface area contributed by atoms with E-state index in [1.165, 1.54) is 5.57 Å². The van der Waals surface area contributed by atoms with E-state index in [0.717, 1.165) is 19.3 Å². The lowest BCUT2D eigenvalue weighted by atomic mass is 9.99. The second-order valence-corrected chi connectivity index (χ2v) is 5.26. The van der Waals surface area contributed by atoms with Crippen LogP contribution in [0.5, 0.6) is 0 Å². The average molecular weight is 213 g/mol. The Bertz CT molecular complexity index is 193. The van der Waals surface area contributed by atoms with Crippen molar-refractivity contribution in [2.75, 3.05) is 6.61 Å². The number of aliphatic hydroxyl groups is 1. The number of rotatable bonds is 7. The van der Waals surface area contributed by atoms with Crippen molar-refractivity contribution in [3.8, 4) is 0 Å². The zero-order valence-electron chi connectivity index (χ0n) is 10.9. The maximum atomic E-state index is 8.91. The molecule has 0 amide bonds. The molecule has 0 rings (SSSR count). The third-order valence-electron chi connectivity index (χ3n) is 2.53. The van der Waals surface area contributed by atoms with Crippen LogP contribution in [0.15, 0.2) is 11.6 Å². The summed E-state index contributed by atoms with van der Waals surface area (Å²) in [5, 5.41) is 12.5. The van der Waals surface area contributed by atoms with Crippen LogP contribution in [0.25, 0.3) is 0 Å². The molecule has 0 aliphatic rings. The second kappa shape index (κ2) is 7.02. The quantitative estimate of drug-likeness (QED) is 0.637. The molecule has 0 fully saturated rings. The van der Waals surface area contributed by atoms with Crippen molar-refractivity contribution < 1.29 is 5.11 Å². The first-order valence-corrected chi connectivity index (χ1v) is 5.89. The Labute approximate surface area is 94.8 Å². The number of nitrogens with one attached hydrogen (secondary N) is 1. The molecule has 0 aromatic carbocycles. The van der Waals surface area contributed by atoms with E-state index in [1.54, 1.807) is 0 Å². The molecule has 2 N–H and O–H groups in total. The van der Waals surface area contributed by atoms with Crippen LogP contribution < -0.4 is 5.32 Å². The predicted octanol–water partition coefficient (Wildman–Crippen LogP) is 2.87. The lowest BCUT2D eigenvalue weighted by Crippen LogP contribution is -2.45. The van der Waals surface area contributed by atoms with Crippen LogP contribution in [0.3, 0.4) is 0 Å². The molecule has 1 unspecified atom stereocenters. The molecule has 0 bridgehead atoms. The molecule has 0 heterocycles. The summed E-state index contributed by atoms with van der Waals surface area (Å²) in [5.41, 5.74) is 1.43. The SMILES string of the molecule is CC(C)=CCCC(C)NC(C)(C)CCO. The first-order valence-electron chi connectivity index (χ1n) is 5.89. The van der Waals surface area contributed by atoms with Gasteiger partial charge in [-0.2, -0.15) is 0 Å². The summed E-state index contributed by atoms with van der Waals surface area (Å²) >= 11 is 0. The molecular weight excluding hydrogens is 186 g/mol. The average Bonchev–Trinajstić information content (AvgIpc) is 2.01. The number of allylic oxidation sites excluding steroid dienone is 2. The number of hydrogen-bond acceptors (Lipinski definition) is 2. The van der Waals surface area contributed by atoms with E-state index in [1.807, 2.05) is 0 Å². The fourth-order valence-corrected chi connectivity index (χ4v) is 1.71. The normalized spacial score (nSPS) is 13.7. The van der Waals surface area contributed by atoms with Crippen LogP contribution in [-0.2, 0) is 0 Å². The van der Waals surface area contributed by atoms with Crippen LogP contribution in [0.1, 0.15) is 53.9 Å². The molecule has 15 heavy (non-hydrogen) atoms. The van der Waals surface area contributed by atoms with Crippen molar-refractivity contribution >= 4 is 0 Å². The van der Waals surface area contributed by atoms with Crippen LogP contribution >= 0.6 is 0 Å². The molecule has 0 saturated carbocycles. The van der Waals surface area contributed by atoms with Gasteiger partial charge in [0.05, 0.1) is 0 Å². The van der Waals surface area contributed by atoms with Crippen LogP contribution in [0.4, 0.5) is 0 Å². The molecule has 0 aliphatic heterocycles. The Hall–Kier alpha value is -0.340. The number of hydrogen-bond donors (Lipinski definition) is 2. The number of aliphatic hydroxyl groups excluding tert-OH is 1. The van der Waals surface area contributed by atoms with Gasteiger partial charge in [0.15, 0.2) is 0 Å². The molecule has 0 spiro atoms. The minimum Gasteiger partial charge on any atom is -0.396 e. The van der Waals surface area contributed by atoms with Gasteiger partial charge >= 0.3 is 0 Å². The molecular formula is C13H27NO. The summed E-state index contributed by atoms with van der Waals surface area (Å²) in [5.74, 6) is 0. The van der Waals surface area contributed by atoms with E-state index in [2.05, 4.69) is 46.0 Å². The minimum atomic E-state index is 0.0408. The van der Waals surface area contributed by atoms with E-state index in [0.29, 0.717) is 6.04 Å². The smallest absolute Gasteiger partial charge is 0.0448 e. The van der Waals surface area contributed by atoms with Crippen LogP contribution in [0, 0.1) is 0 Å². The van der Waals surface area contributed by atoms with Gasteiger partial charge in [0.1, 0.15) is 0 Å². The molecule has 0 aromatic heterocycles. The van der Waals surface area contributed by atoms with Gasteiger partial charge < -0.3 is 10.4 Å². The molecule has 2 nitrogen and oxygen atoms in total. The summed E-state index contributed by atoms with van der Waals surface area (Å²) in [7, 11) is 0. The zero-order chi connectivity index (χ0) is 11.9.